The van der Waals surface area contributed by atoms with E-state index < -0.39 is 28.7 Å². The van der Waals surface area contributed by atoms with Crippen molar-refractivity contribution in [3.63, 3.8) is 0 Å². The number of carbonyl (C=O) groups is 1. The second kappa shape index (κ2) is 8.84. The van der Waals surface area contributed by atoms with Gasteiger partial charge < -0.3 is 9.73 Å². The molecule has 0 bridgehead atoms. The lowest BCUT2D eigenvalue weighted by Gasteiger charge is -2.24. The Kier molecular flexibility index (Phi) is 6.40. The third-order valence-corrected chi connectivity index (χ3v) is 6.14. The molecule has 2 aromatic carbocycles. The molecule has 1 heterocycles. The lowest BCUT2D eigenvalue weighted by molar-refractivity contribution is -0.123. The van der Waals surface area contributed by atoms with Gasteiger partial charge in [0, 0.05) is 5.56 Å². The zero-order chi connectivity index (χ0) is 22.6. The normalized spacial score (nSPS) is 11.9. The van der Waals surface area contributed by atoms with Crippen molar-refractivity contribution in [2.24, 2.45) is 0 Å². The second-order valence-electron chi connectivity index (χ2n) is 6.75. The minimum Gasteiger partial charge on any atom is -0.467 e. The molecule has 0 spiro atoms. The van der Waals surface area contributed by atoms with Crippen LogP contribution in [0.4, 0.5) is 18.9 Å². The van der Waals surface area contributed by atoms with Crippen molar-refractivity contribution in [2.75, 3.05) is 10.8 Å². The molecule has 31 heavy (non-hydrogen) atoms. The minimum absolute atomic E-state index is 0.0633. The average Bonchev–Trinajstić information content (AvgIpc) is 3.24. The van der Waals surface area contributed by atoms with Gasteiger partial charge in [-0.1, -0.05) is 17.7 Å². The number of amides is 1. The Bertz CT molecular complexity index is 1120. The van der Waals surface area contributed by atoms with Crippen molar-refractivity contribution in [2.45, 2.75) is 24.5 Å². The SMILES string of the molecule is Cc1ccc(N(Cc2ccco2)S(=O)(=O)c2ccc(C(=O)NCC(F)(F)F)cc2)cc1. The highest BCUT2D eigenvalue weighted by Crippen LogP contribution is 2.27. The van der Waals surface area contributed by atoms with Crippen LogP contribution in [-0.4, -0.2) is 27.0 Å². The number of aryl methyl sites for hydroxylation is 1. The predicted molar refractivity (Wildman–Crippen MR) is 108 cm³/mol. The van der Waals surface area contributed by atoms with Gasteiger partial charge in [0.2, 0.25) is 0 Å². The van der Waals surface area contributed by atoms with Gasteiger partial charge in [-0.3, -0.25) is 9.10 Å². The maximum absolute atomic E-state index is 13.3. The monoisotopic (exact) mass is 452 g/mol. The molecule has 0 atom stereocenters. The Hall–Kier alpha value is -3.27. The number of anilines is 1. The fourth-order valence-corrected chi connectivity index (χ4v) is 4.19. The van der Waals surface area contributed by atoms with E-state index in [0.717, 1.165) is 9.87 Å². The number of benzene rings is 2. The van der Waals surface area contributed by atoms with Crippen LogP contribution in [0.3, 0.4) is 0 Å². The van der Waals surface area contributed by atoms with Crippen molar-refractivity contribution in [1.29, 1.82) is 0 Å². The maximum atomic E-state index is 13.3. The summed E-state index contributed by atoms with van der Waals surface area (Å²) in [7, 11) is -4.06. The van der Waals surface area contributed by atoms with Crippen LogP contribution in [0, 0.1) is 6.92 Å². The Balaban J connectivity index is 1.88. The largest absolute Gasteiger partial charge is 0.467 e. The summed E-state index contributed by atoms with van der Waals surface area (Å²) in [5.74, 6) is -0.528. The van der Waals surface area contributed by atoms with Crippen LogP contribution in [0.2, 0.25) is 0 Å². The summed E-state index contributed by atoms with van der Waals surface area (Å²) in [5, 5.41) is 1.74. The molecule has 3 rings (SSSR count). The lowest BCUT2D eigenvalue weighted by Crippen LogP contribution is -2.33. The summed E-state index contributed by atoms with van der Waals surface area (Å²) in [6.45, 7) is 0.333. The maximum Gasteiger partial charge on any atom is 0.405 e. The molecule has 1 N–H and O–H groups in total. The third-order valence-electron chi connectivity index (χ3n) is 4.36. The number of hydrogen-bond acceptors (Lipinski definition) is 4. The van der Waals surface area contributed by atoms with Gasteiger partial charge in [-0.15, -0.1) is 0 Å². The van der Waals surface area contributed by atoms with Crippen molar-refractivity contribution in [3.8, 4) is 0 Å². The van der Waals surface area contributed by atoms with Crippen molar-refractivity contribution in [1.82, 2.24) is 5.32 Å². The summed E-state index contributed by atoms with van der Waals surface area (Å²) in [4.78, 5) is 11.7. The Morgan fingerprint density at radius 3 is 2.23 bits per heavy atom. The third kappa shape index (κ3) is 5.66. The molecule has 0 saturated carbocycles. The standard InChI is InChI=1S/C21H19F3N2O4S/c1-15-4-8-17(9-5-15)26(13-18-3-2-12-30-18)31(28,29)19-10-6-16(7-11-19)20(27)25-14-21(22,23)24/h2-12H,13-14H2,1H3,(H,25,27). The number of alkyl halides is 3. The molecule has 0 aliphatic heterocycles. The number of nitrogens with one attached hydrogen (secondary N) is 1. The molecule has 164 valence electrons. The molecular formula is C21H19F3N2O4S. The van der Waals surface area contributed by atoms with Gasteiger partial charge in [0.25, 0.3) is 15.9 Å². The highest BCUT2D eigenvalue weighted by atomic mass is 32.2. The first-order valence-corrected chi connectivity index (χ1v) is 10.6. The van der Waals surface area contributed by atoms with Gasteiger partial charge in [0.05, 0.1) is 23.4 Å². The van der Waals surface area contributed by atoms with E-state index in [4.69, 9.17) is 4.42 Å². The van der Waals surface area contributed by atoms with Crippen molar-refractivity contribution in [3.05, 3.63) is 83.8 Å². The van der Waals surface area contributed by atoms with Crippen LogP contribution in [0.5, 0.6) is 0 Å². The van der Waals surface area contributed by atoms with E-state index in [1.54, 1.807) is 41.7 Å². The Morgan fingerprint density at radius 1 is 1.03 bits per heavy atom. The molecule has 0 aliphatic carbocycles. The molecule has 1 amide bonds. The average molecular weight is 452 g/mol. The summed E-state index contributed by atoms with van der Waals surface area (Å²) >= 11 is 0. The van der Waals surface area contributed by atoms with E-state index in [9.17, 15) is 26.4 Å². The number of furan rings is 1. The Morgan fingerprint density at radius 2 is 1.68 bits per heavy atom. The van der Waals surface area contributed by atoms with E-state index in [1.807, 2.05) is 6.92 Å². The highest BCUT2D eigenvalue weighted by Gasteiger charge is 2.29. The van der Waals surface area contributed by atoms with Gasteiger partial charge in [-0.05, 0) is 55.5 Å². The van der Waals surface area contributed by atoms with Crippen LogP contribution >= 0.6 is 0 Å². The first kappa shape index (κ1) is 22.4. The number of rotatable bonds is 7. The molecule has 0 radical (unpaired) electrons. The summed E-state index contributed by atoms with van der Waals surface area (Å²) in [6.07, 6.45) is -3.11. The number of nitrogens with zero attached hydrogens (tertiary/aromatic N) is 1. The topological polar surface area (TPSA) is 79.6 Å². The number of hydrogen-bond donors (Lipinski definition) is 1. The summed E-state index contributed by atoms with van der Waals surface area (Å²) < 4.78 is 69.9. The quantitative estimate of drug-likeness (QED) is 0.581. The van der Waals surface area contributed by atoms with Crippen molar-refractivity contribution >= 4 is 21.6 Å². The lowest BCUT2D eigenvalue weighted by atomic mass is 10.2. The minimum atomic E-state index is -4.54. The van der Waals surface area contributed by atoms with Crippen molar-refractivity contribution < 1.29 is 30.8 Å². The molecule has 6 nitrogen and oxygen atoms in total. The second-order valence-corrected chi connectivity index (χ2v) is 8.61. The first-order valence-electron chi connectivity index (χ1n) is 9.13. The predicted octanol–water partition coefficient (Wildman–Crippen LogP) is 4.28. The molecule has 10 heteroatoms. The molecule has 0 saturated heterocycles. The van der Waals surface area contributed by atoms with E-state index in [1.165, 1.54) is 30.5 Å². The number of sulfonamides is 1. The van der Waals surface area contributed by atoms with Crippen LogP contribution in [0.1, 0.15) is 21.7 Å². The fourth-order valence-electron chi connectivity index (χ4n) is 2.76. The highest BCUT2D eigenvalue weighted by molar-refractivity contribution is 7.92. The van der Waals surface area contributed by atoms with E-state index in [0.29, 0.717) is 11.4 Å². The van der Waals surface area contributed by atoms with Gasteiger partial charge in [-0.25, -0.2) is 8.42 Å². The summed E-state index contributed by atoms with van der Waals surface area (Å²) in [5.41, 5.74) is 1.28. The molecule has 0 aliphatic rings. The van der Waals surface area contributed by atoms with Gasteiger partial charge in [0.15, 0.2) is 0 Å². The van der Waals surface area contributed by atoms with Gasteiger partial charge in [-0.2, -0.15) is 13.2 Å². The fraction of sp³-hybridized carbons (Fsp3) is 0.190. The summed E-state index contributed by atoms with van der Waals surface area (Å²) in [6, 6.07) is 14.8. The number of halogens is 3. The molecule has 0 fully saturated rings. The Labute approximate surface area is 177 Å². The van der Waals surface area contributed by atoms with Crippen LogP contribution < -0.4 is 9.62 Å². The van der Waals surface area contributed by atoms with Gasteiger partial charge in [0.1, 0.15) is 12.3 Å². The van der Waals surface area contributed by atoms with E-state index in [-0.39, 0.29) is 17.0 Å². The zero-order valence-electron chi connectivity index (χ0n) is 16.4. The van der Waals surface area contributed by atoms with Crippen LogP contribution in [-0.2, 0) is 16.6 Å². The molecule has 0 unspecified atom stereocenters. The zero-order valence-corrected chi connectivity index (χ0v) is 17.2. The van der Waals surface area contributed by atoms with E-state index >= 15 is 0 Å². The molecular weight excluding hydrogens is 433 g/mol. The molecule has 1 aromatic heterocycles. The number of carbonyl (C=O) groups excluding carboxylic acids is 1. The van der Waals surface area contributed by atoms with Gasteiger partial charge >= 0.3 is 6.18 Å². The smallest absolute Gasteiger partial charge is 0.405 e. The van der Waals surface area contributed by atoms with E-state index in [2.05, 4.69) is 0 Å². The first-order chi connectivity index (χ1) is 14.6. The van der Waals surface area contributed by atoms with Crippen LogP contribution in [0.15, 0.2) is 76.2 Å². The van der Waals surface area contributed by atoms with Crippen LogP contribution in [0.25, 0.3) is 0 Å². The molecule has 3 aromatic rings.